The molecule has 5 heteroatoms. The van der Waals surface area contributed by atoms with Crippen molar-refractivity contribution in [3.05, 3.63) is 65.0 Å². The SMILES string of the molecule is Nc1cccc(NC(=O)c2cc(-c3ccccn3)cs2)c1. The summed E-state index contributed by atoms with van der Waals surface area (Å²) in [4.78, 5) is 17.1. The molecule has 104 valence electrons. The van der Waals surface area contributed by atoms with Crippen LogP contribution in [-0.4, -0.2) is 10.9 Å². The van der Waals surface area contributed by atoms with Crippen LogP contribution in [0.4, 0.5) is 11.4 Å². The normalized spacial score (nSPS) is 10.3. The number of nitrogens with two attached hydrogens (primary N) is 1. The van der Waals surface area contributed by atoms with Crippen molar-refractivity contribution in [2.75, 3.05) is 11.1 Å². The Kier molecular flexibility index (Phi) is 3.66. The molecule has 0 atom stereocenters. The van der Waals surface area contributed by atoms with Gasteiger partial charge in [-0.15, -0.1) is 11.3 Å². The first-order chi connectivity index (χ1) is 10.2. The highest BCUT2D eigenvalue weighted by Gasteiger charge is 2.11. The summed E-state index contributed by atoms with van der Waals surface area (Å²) in [5, 5.41) is 4.76. The number of rotatable bonds is 3. The van der Waals surface area contributed by atoms with Gasteiger partial charge in [-0.3, -0.25) is 9.78 Å². The van der Waals surface area contributed by atoms with Gasteiger partial charge in [0.05, 0.1) is 10.6 Å². The van der Waals surface area contributed by atoms with E-state index in [0.29, 0.717) is 16.3 Å². The number of hydrogen-bond donors (Lipinski definition) is 2. The Hall–Kier alpha value is -2.66. The number of carbonyl (C=O) groups excluding carboxylic acids is 1. The highest BCUT2D eigenvalue weighted by Crippen LogP contribution is 2.24. The van der Waals surface area contributed by atoms with Crippen LogP contribution in [-0.2, 0) is 0 Å². The van der Waals surface area contributed by atoms with Gasteiger partial charge in [0, 0.05) is 28.5 Å². The lowest BCUT2D eigenvalue weighted by Crippen LogP contribution is -2.10. The Balaban J connectivity index is 1.78. The molecular formula is C16H13N3OS. The second-order valence-corrected chi connectivity index (χ2v) is 5.41. The third-order valence-corrected chi connectivity index (χ3v) is 3.86. The predicted molar refractivity (Wildman–Crippen MR) is 86.4 cm³/mol. The van der Waals surface area contributed by atoms with E-state index >= 15 is 0 Å². The molecule has 4 nitrogen and oxygen atoms in total. The smallest absolute Gasteiger partial charge is 0.265 e. The number of benzene rings is 1. The number of pyridine rings is 1. The van der Waals surface area contributed by atoms with Gasteiger partial charge in [-0.2, -0.15) is 0 Å². The second-order valence-electron chi connectivity index (χ2n) is 4.49. The van der Waals surface area contributed by atoms with E-state index < -0.39 is 0 Å². The molecular weight excluding hydrogens is 282 g/mol. The van der Waals surface area contributed by atoms with E-state index in [2.05, 4.69) is 10.3 Å². The van der Waals surface area contributed by atoms with Crippen LogP contribution in [0.3, 0.4) is 0 Å². The Bertz CT molecular complexity index is 768. The van der Waals surface area contributed by atoms with E-state index in [-0.39, 0.29) is 5.91 Å². The van der Waals surface area contributed by atoms with E-state index in [1.54, 1.807) is 24.4 Å². The quantitative estimate of drug-likeness (QED) is 0.725. The molecule has 3 aromatic rings. The predicted octanol–water partition coefficient (Wildman–Crippen LogP) is 3.64. The monoisotopic (exact) mass is 295 g/mol. The molecule has 0 aliphatic rings. The molecule has 0 radical (unpaired) electrons. The van der Waals surface area contributed by atoms with Gasteiger partial charge in [-0.25, -0.2) is 0 Å². The number of hydrogen-bond acceptors (Lipinski definition) is 4. The van der Waals surface area contributed by atoms with Gasteiger partial charge in [0.2, 0.25) is 0 Å². The van der Waals surface area contributed by atoms with Crippen molar-refractivity contribution in [1.82, 2.24) is 4.98 Å². The third kappa shape index (κ3) is 3.09. The fraction of sp³-hybridized carbons (Fsp3) is 0. The van der Waals surface area contributed by atoms with Crippen molar-refractivity contribution in [3.63, 3.8) is 0 Å². The minimum atomic E-state index is -0.146. The zero-order valence-corrected chi connectivity index (χ0v) is 11.9. The largest absolute Gasteiger partial charge is 0.399 e. The third-order valence-electron chi connectivity index (χ3n) is 2.93. The first kappa shape index (κ1) is 13.3. The van der Waals surface area contributed by atoms with Gasteiger partial charge in [-0.1, -0.05) is 12.1 Å². The molecule has 0 unspecified atom stereocenters. The molecule has 3 N–H and O–H groups in total. The first-order valence-corrected chi connectivity index (χ1v) is 7.27. The summed E-state index contributed by atoms with van der Waals surface area (Å²) < 4.78 is 0. The number of nitrogen functional groups attached to an aromatic ring is 1. The van der Waals surface area contributed by atoms with Crippen molar-refractivity contribution in [2.24, 2.45) is 0 Å². The van der Waals surface area contributed by atoms with Crippen molar-refractivity contribution in [2.45, 2.75) is 0 Å². The molecule has 0 saturated heterocycles. The Morgan fingerprint density at radius 2 is 2.05 bits per heavy atom. The standard InChI is InChI=1S/C16H13N3OS/c17-12-4-3-5-13(9-12)19-16(20)15-8-11(10-21-15)14-6-1-2-7-18-14/h1-10H,17H2,(H,19,20). The molecule has 0 spiro atoms. The van der Waals surface area contributed by atoms with E-state index in [4.69, 9.17) is 5.73 Å². The maximum absolute atomic E-state index is 12.2. The van der Waals surface area contributed by atoms with Crippen LogP contribution >= 0.6 is 11.3 Å². The van der Waals surface area contributed by atoms with E-state index in [1.807, 2.05) is 35.7 Å². The average molecular weight is 295 g/mol. The molecule has 21 heavy (non-hydrogen) atoms. The van der Waals surface area contributed by atoms with Gasteiger partial charge in [0.15, 0.2) is 0 Å². The molecule has 0 aliphatic heterocycles. The Morgan fingerprint density at radius 3 is 2.81 bits per heavy atom. The summed E-state index contributed by atoms with van der Waals surface area (Å²) in [5.41, 5.74) is 8.80. The van der Waals surface area contributed by atoms with Crippen molar-refractivity contribution < 1.29 is 4.79 Å². The number of aromatic nitrogens is 1. The maximum Gasteiger partial charge on any atom is 0.265 e. The molecule has 1 aromatic carbocycles. The highest BCUT2D eigenvalue weighted by atomic mass is 32.1. The Labute approximate surface area is 126 Å². The highest BCUT2D eigenvalue weighted by molar-refractivity contribution is 7.12. The number of nitrogens with one attached hydrogen (secondary N) is 1. The molecule has 0 fully saturated rings. The second kappa shape index (κ2) is 5.76. The van der Waals surface area contributed by atoms with Crippen LogP contribution in [0, 0.1) is 0 Å². The molecule has 0 bridgehead atoms. The van der Waals surface area contributed by atoms with Gasteiger partial charge < -0.3 is 11.1 Å². The summed E-state index contributed by atoms with van der Waals surface area (Å²) >= 11 is 1.39. The van der Waals surface area contributed by atoms with E-state index in [1.165, 1.54) is 11.3 Å². The van der Waals surface area contributed by atoms with Crippen molar-refractivity contribution in [1.29, 1.82) is 0 Å². The zero-order chi connectivity index (χ0) is 14.7. The van der Waals surface area contributed by atoms with E-state index in [9.17, 15) is 4.79 Å². The van der Waals surface area contributed by atoms with Crippen LogP contribution in [0.2, 0.25) is 0 Å². The number of nitrogens with zero attached hydrogens (tertiary/aromatic N) is 1. The number of carbonyl (C=O) groups is 1. The van der Waals surface area contributed by atoms with Crippen LogP contribution in [0.1, 0.15) is 9.67 Å². The van der Waals surface area contributed by atoms with Crippen LogP contribution in [0.15, 0.2) is 60.1 Å². The lowest BCUT2D eigenvalue weighted by atomic mass is 10.2. The fourth-order valence-corrected chi connectivity index (χ4v) is 2.73. The first-order valence-electron chi connectivity index (χ1n) is 6.39. The van der Waals surface area contributed by atoms with Crippen molar-refractivity contribution >= 4 is 28.6 Å². The van der Waals surface area contributed by atoms with Crippen LogP contribution in [0.25, 0.3) is 11.3 Å². The number of anilines is 2. The minimum Gasteiger partial charge on any atom is -0.399 e. The summed E-state index contributed by atoms with van der Waals surface area (Å²) in [5.74, 6) is -0.146. The van der Waals surface area contributed by atoms with Gasteiger partial charge >= 0.3 is 0 Å². The number of thiophene rings is 1. The van der Waals surface area contributed by atoms with Gasteiger partial charge in [0.25, 0.3) is 5.91 Å². The lowest BCUT2D eigenvalue weighted by molar-refractivity contribution is 0.103. The summed E-state index contributed by atoms with van der Waals surface area (Å²) in [7, 11) is 0. The van der Waals surface area contributed by atoms with Crippen LogP contribution in [0.5, 0.6) is 0 Å². The van der Waals surface area contributed by atoms with Crippen molar-refractivity contribution in [3.8, 4) is 11.3 Å². The topological polar surface area (TPSA) is 68.0 Å². The van der Waals surface area contributed by atoms with Gasteiger partial charge in [-0.05, 0) is 36.4 Å². The summed E-state index contributed by atoms with van der Waals surface area (Å²) in [6.45, 7) is 0. The van der Waals surface area contributed by atoms with Crippen LogP contribution < -0.4 is 11.1 Å². The molecule has 0 saturated carbocycles. The molecule has 2 heterocycles. The minimum absolute atomic E-state index is 0.146. The summed E-state index contributed by atoms with van der Waals surface area (Å²) in [6, 6.07) is 14.7. The molecule has 1 amide bonds. The Morgan fingerprint density at radius 1 is 1.14 bits per heavy atom. The summed E-state index contributed by atoms with van der Waals surface area (Å²) in [6.07, 6.45) is 1.74. The van der Waals surface area contributed by atoms with E-state index in [0.717, 1.165) is 11.3 Å². The molecule has 0 aliphatic carbocycles. The molecule has 3 rings (SSSR count). The lowest BCUT2D eigenvalue weighted by Gasteiger charge is -2.03. The van der Waals surface area contributed by atoms with Gasteiger partial charge in [0.1, 0.15) is 0 Å². The maximum atomic E-state index is 12.2. The molecule has 2 aromatic heterocycles. The average Bonchev–Trinajstić information content (AvgIpc) is 2.98. The number of amides is 1. The zero-order valence-electron chi connectivity index (χ0n) is 11.1. The fourth-order valence-electron chi connectivity index (χ4n) is 1.93.